The molecule has 2 N–H and O–H groups in total. The lowest BCUT2D eigenvalue weighted by Gasteiger charge is -2.33. The van der Waals surface area contributed by atoms with Crippen molar-refractivity contribution in [3.8, 4) is 0 Å². The summed E-state index contributed by atoms with van der Waals surface area (Å²) >= 11 is 0. The molecule has 3 heterocycles. The molecule has 0 radical (unpaired) electrons. The maximum absolute atomic E-state index is 13.9. The zero-order valence-corrected chi connectivity index (χ0v) is 21.4. The lowest BCUT2D eigenvalue weighted by atomic mass is 9.81. The molecule has 208 valence electrons. The molecular weight excluding hydrogens is 515 g/mol. The van der Waals surface area contributed by atoms with Crippen molar-refractivity contribution >= 4 is 17.5 Å². The van der Waals surface area contributed by atoms with Gasteiger partial charge in [-0.1, -0.05) is 5.16 Å². The minimum absolute atomic E-state index is 0.0234. The topological polar surface area (TPSA) is 127 Å². The molecule has 2 amide bonds. The van der Waals surface area contributed by atoms with Gasteiger partial charge in [0.15, 0.2) is 11.3 Å². The zero-order valence-electron chi connectivity index (χ0n) is 21.4. The Morgan fingerprint density at radius 3 is 2.41 bits per heavy atom. The molecule has 0 bridgehead atoms. The van der Waals surface area contributed by atoms with Gasteiger partial charge >= 0.3 is 0 Å². The number of halogens is 3. The summed E-state index contributed by atoms with van der Waals surface area (Å²) in [7, 11) is 0. The molecule has 4 atom stereocenters. The number of nitrogens with zero attached hydrogens (tertiary/aromatic N) is 5. The Bertz CT molecular complexity index is 1380. The van der Waals surface area contributed by atoms with E-state index in [1.807, 2.05) is 6.07 Å². The van der Waals surface area contributed by atoms with Crippen LogP contribution < -0.4 is 10.6 Å². The number of carbonyl (C=O) groups excluding carboxylic acids is 2. The van der Waals surface area contributed by atoms with E-state index in [1.165, 1.54) is 0 Å². The Morgan fingerprint density at radius 1 is 1.05 bits per heavy atom. The predicted molar refractivity (Wildman–Crippen MR) is 130 cm³/mol. The van der Waals surface area contributed by atoms with E-state index in [2.05, 4.69) is 30.7 Å². The van der Waals surface area contributed by atoms with Crippen molar-refractivity contribution < 1.29 is 27.4 Å². The molecule has 0 spiro atoms. The Labute approximate surface area is 222 Å². The standard InChI is InChI=1S/C26H30F3N7O3/c1-13-21(35-39-34-13)25(38)33-23(15-6-8-26(28,29)9-7-15)19-12-36-20(31-19)10-16(11-30-36)22(14-2-3-14)32-24(37)17-4-5-18(17)27/h10-12,14-15,17-18,22-23H,2-9H2,1H3,(H,32,37)(H,33,38)/t17-,18+,22?,23-/m0/s1. The van der Waals surface area contributed by atoms with E-state index in [0.717, 1.165) is 18.4 Å². The molecule has 0 aliphatic heterocycles. The second-order valence-electron chi connectivity index (χ2n) is 11.1. The highest BCUT2D eigenvalue weighted by molar-refractivity contribution is 5.93. The number of imidazole rings is 1. The summed E-state index contributed by atoms with van der Waals surface area (Å²) in [5.41, 5.74) is 2.09. The van der Waals surface area contributed by atoms with Gasteiger partial charge in [0, 0.05) is 12.8 Å². The number of alkyl halides is 3. The molecule has 3 aliphatic carbocycles. The van der Waals surface area contributed by atoms with Gasteiger partial charge in [-0.25, -0.2) is 27.3 Å². The highest BCUT2D eigenvalue weighted by Gasteiger charge is 2.41. The van der Waals surface area contributed by atoms with Crippen LogP contribution in [0.4, 0.5) is 13.2 Å². The number of aryl methyl sites for hydroxylation is 1. The summed E-state index contributed by atoms with van der Waals surface area (Å²) < 4.78 is 47.9. The minimum Gasteiger partial charge on any atom is -0.349 e. The summed E-state index contributed by atoms with van der Waals surface area (Å²) in [5, 5.41) is 17.7. The van der Waals surface area contributed by atoms with Crippen molar-refractivity contribution in [3.05, 3.63) is 41.1 Å². The quantitative estimate of drug-likeness (QED) is 0.438. The molecule has 0 saturated heterocycles. The normalized spacial score (nSPS) is 24.6. The summed E-state index contributed by atoms with van der Waals surface area (Å²) in [5.74, 6) is -4.15. The number of carbonyl (C=O) groups is 2. The van der Waals surface area contributed by atoms with Gasteiger partial charge in [0.05, 0.1) is 36.1 Å². The molecule has 0 aromatic carbocycles. The SMILES string of the molecule is Cc1nonc1C(=O)N[C@H](c1cn2ncc(C(NC(=O)[C@H]3CC[C@H]3F)C3CC3)cc2n1)C1CCC(F)(F)CC1. The maximum atomic E-state index is 13.9. The number of nitrogens with one attached hydrogen (secondary N) is 2. The minimum atomic E-state index is -2.73. The van der Waals surface area contributed by atoms with E-state index < -0.39 is 30.0 Å². The summed E-state index contributed by atoms with van der Waals surface area (Å²) in [4.78, 5) is 30.4. The molecule has 1 unspecified atom stereocenters. The fourth-order valence-corrected chi connectivity index (χ4v) is 5.62. The molecule has 3 aromatic rings. The lowest BCUT2D eigenvalue weighted by Crippen LogP contribution is -2.43. The van der Waals surface area contributed by atoms with Crippen LogP contribution in [0.3, 0.4) is 0 Å². The van der Waals surface area contributed by atoms with Gasteiger partial charge in [0.1, 0.15) is 11.9 Å². The van der Waals surface area contributed by atoms with Crippen LogP contribution in [0.5, 0.6) is 0 Å². The van der Waals surface area contributed by atoms with Gasteiger partial charge in [-0.15, -0.1) is 0 Å². The van der Waals surface area contributed by atoms with Crippen molar-refractivity contribution in [2.45, 2.75) is 82.5 Å². The maximum Gasteiger partial charge on any atom is 0.276 e. The first-order valence-electron chi connectivity index (χ1n) is 13.5. The summed E-state index contributed by atoms with van der Waals surface area (Å²) in [6.45, 7) is 1.59. The number of aromatic nitrogens is 5. The van der Waals surface area contributed by atoms with Crippen molar-refractivity contribution in [3.63, 3.8) is 0 Å². The first-order valence-corrected chi connectivity index (χ1v) is 13.5. The first kappa shape index (κ1) is 25.8. The van der Waals surface area contributed by atoms with Crippen molar-refractivity contribution in [2.75, 3.05) is 0 Å². The van der Waals surface area contributed by atoms with E-state index in [9.17, 15) is 22.8 Å². The van der Waals surface area contributed by atoms with Gasteiger partial charge < -0.3 is 10.6 Å². The highest BCUT2D eigenvalue weighted by Crippen LogP contribution is 2.43. The van der Waals surface area contributed by atoms with Crippen LogP contribution in [0.1, 0.15) is 90.9 Å². The van der Waals surface area contributed by atoms with Crippen molar-refractivity contribution in [1.82, 2.24) is 35.5 Å². The van der Waals surface area contributed by atoms with Crippen LogP contribution in [-0.2, 0) is 4.79 Å². The van der Waals surface area contributed by atoms with E-state index in [-0.39, 0.29) is 55.2 Å². The number of hydrogen-bond acceptors (Lipinski definition) is 7. The van der Waals surface area contributed by atoms with E-state index in [0.29, 0.717) is 29.9 Å². The Hall–Kier alpha value is -3.51. The first-order chi connectivity index (χ1) is 18.7. The smallest absolute Gasteiger partial charge is 0.276 e. The molecule has 13 heteroatoms. The Balaban J connectivity index is 1.27. The summed E-state index contributed by atoms with van der Waals surface area (Å²) in [6.07, 6.45) is 5.01. The van der Waals surface area contributed by atoms with Crippen molar-refractivity contribution in [1.29, 1.82) is 0 Å². The molecule has 39 heavy (non-hydrogen) atoms. The Morgan fingerprint density at radius 2 is 1.79 bits per heavy atom. The van der Waals surface area contributed by atoms with Gasteiger partial charge in [-0.2, -0.15) is 5.10 Å². The van der Waals surface area contributed by atoms with Gasteiger partial charge in [0.25, 0.3) is 5.91 Å². The summed E-state index contributed by atoms with van der Waals surface area (Å²) in [6, 6.07) is 0.878. The third kappa shape index (κ3) is 5.22. The Kier molecular flexibility index (Phi) is 6.54. The monoisotopic (exact) mass is 545 g/mol. The average Bonchev–Trinajstić information content (AvgIpc) is 3.50. The van der Waals surface area contributed by atoms with Crippen LogP contribution in [-0.4, -0.2) is 48.8 Å². The van der Waals surface area contributed by atoms with Crippen LogP contribution in [0, 0.1) is 24.7 Å². The van der Waals surface area contributed by atoms with Gasteiger partial charge in [0.2, 0.25) is 11.8 Å². The van der Waals surface area contributed by atoms with Crippen LogP contribution in [0.25, 0.3) is 5.65 Å². The lowest BCUT2D eigenvalue weighted by molar-refractivity contribution is -0.131. The molecule has 10 nitrogen and oxygen atoms in total. The fourth-order valence-electron chi connectivity index (χ4n) is 5.62. The second kappa shape index (κ2) is 9.91. The van der Waals surface area contributed by atoms with Gasteiger partial charge in [-0.05, 0) is 74.1 Å². The molecule has 3 saturated carbocycles. The van der Waals surface area contributed by atoms with Crippen LogP contribution in [0.2, 0.25) is 0 Å². The number of amides is 2. The molecule has 6 rings (SSSR count). The molecule has 3 aliphatic rings. The average molecular weight is 546 g/mol. The van der Waals surface area contributed by atoms with Crippen molar-refractivity contribution in [2.24, 2.45) is 17.8 Å². The van der Waals surface area contributed by atoms with Crippen LogP contribution in [0.15, 0.2) is 23.1 Å². The van der Waals surface area contributed by atoms with E-state index in [4.69, 9.17) is 4.98 Å². The molecule has 3 aromatic heterocycles. The molecular formula is C26H30F3N7O3. The fraction of sp³-hybridized carbons (Fsp3) is 0.615. The molecule has 3 fully saturated rings. The van der Waals surface area contributed by atoms with E-state index in [1.54, 1.807) is 23.8 Å². The second-order valence-corrected chi connectivity index (χ2v) is 11.1. The van der Waals surface area contributed by atoms with Gasteiger partial charge in [-0.3, -0.25) is 9.59 Å². The predicted octanol–water partition coefficient (Wildman–Crippen LogP) is 4.03. The zero-order chi connectivity index (χ0) is 27.3. The number of fused-ring (bicyclic) bond motifs is 1. The third-order valence-corrected chi connectivity index (χ3v) is 8.34. The highest BCUT2D eigenvalue weighted by atomic mass is 19.3. The van der Waals surface area contributed by atoms with Crippen LogP contribution >= 0.6 is 0 Å². The third-order valence-electron chi connectivity index (χ3n) is 8.34. The van der Waals surface area contributed by atoms with E-state index >= 15 is 0 Å². The largest absolute Gasteiger partial charge is 0.349 e. The number of rotatable bonds is 8. The number of hydrogen-bond donors (Lipinski definition) is 2.